The van der Waals surface area contributed by atoms with Gasteiger partial charge in [0, 0.05) is 17.3 Å². The number of rotatable bonds is 9. The molecule has 4 heteroatoms. The molecule has 2 aromatic carbocycles. The Bertz CT molecular complexity index is 724. The maximum atomic E-state index is 12.3. The van der Waals surface area contributed by atoms with E-state index in [9.17, 15) is 9.59 Å². The molecular formula is C23H30N2O2. The standard InChI is InChI=1S/C23H30N2O2/c1-17(2)8-7-9-18(3)24-23(27)20-12-14-21(15-13-20)25-22(26)16-19-10-5-4-6-11-19/h4-6,10-15,17-18H,7-9,16H2,1-3H3,(H,24,27)(H,25,26). The number of anilines is 1. The van der Waals surface area contributed by atoms with Gasteiger partial charge in [-0.05, 0) is 49.1 Å². The molecule has 0 aliphatic heterocycles. The van der Waals surface area contributed by atoms with Crippen LogP contribution in [-0.2, 0) is 11.2 Å². The third-order valence-electron chi connectivity index (χ3n) is 4.43. The predicted molar refractivity (Wildman–Crippen MR) is 111 cm³/mol. The van der Waals surface area contributed by atoms with Crippen molar-refractivity contribution < 1.29 is 9.59 Å². The second-order valence-corrected chi connectivity index (χ2v) is 7.49. The molecule has 0 aliphatic rings. The maximum absolute atomic E-state index is 12.3. The average Bonchev–Trinajstić information content (AvgIpc) is 2.62. The maximum Gasteiger partial charge on any atom is 0.251 e. The first-order valence-corrected chi connectivity index (χ1v) is 9.68. The number of carbonyl (C=O) groups is 2. The van der Waals surface area contributed by atoms with Gasteiger partial charge in [0.25, 0.3) is 5.91 Å². The van der Waals surface area contributed by atoms with Crippen LogP contribution in [0.25, 0.3) is 0 Å². The Hall–Kier alpha value is -2.62. The first kappa shape index (κ1) is 20.7. The molecule has 0 fully saturated rings. The highest BCUT2D eigenvalue weighted by Gasteiger charge is 2.10. The van der Waals surface area contributed by atoms with Gasteiger partial charge in [0.05, 0.1) is 6.42 Å². The van der Waals surface area contributed by atoms with E-state index >= 15 is 0 Å². The number of hydrogen-bond donors (Lipinski definition) is 2. The van der Waals surface area contributed by atoms with E-state index in [1.54, 1.807) is 24.3 Å². The molecule has 0 aliphatic carbocycles. The van der Waals surface area contributed by atoms with Crippen LogP contribution in [-0.4, -0.2) is 17.9 Å². The zero-order chi connectivity index (χ0) is 19.6. The molecule has 2 aromatic rings. The van der Waals surface area contributed by atoms with Gasteiger partial charge in [0.2, 0.25) is 5.91 Å². The topological polar surface area (TPSA) is 58.2 Å². The van der Waals surface area contributed by atoms with E-state index in [2.05, 4.69) is 24.5 Å². The van der Waals surface area contributed by atoms with Gasteiger partial charge in [-0.25, -0.2) is 0 Å². The number of nitrogens with one attached hydrogen (secondary N) is 2. The molecule has 144 valence electrons. The summed E-state index contributed by atoms with van der Waals surface area (Å²) in [6, 6.07) is 16.8. The summed E-state index contributed by atoms with van der Waals surface area (Å²) in [5, 5.41) is 5.90. The Balaban J connectivity index is 1.81. The lowest BCUT2D eigenvalue weighted by Gasteiger charge is -2.15. The largest absolute Gasteiger partial charge is 0.350 e. The van der Waals surface area contributed by atoms with Crippen molar-refractivity contribution >= 4 is 17.5 Å². The van der Waals surface area contributed by atoms with Crippen LogP contribution in [0.3, 0.4) is 0 Å². The molecule has 2 rings (SSSR count). The lowest BCUT2D eigenvalue weighted by atomic mass is 10.0. The summed E-state index contributed by atoms with van der Waals surface area (Å²) in [5.74, 6) is 0.545. The Morgan fingerprint density at radius 2 is 1.56 bits per heavy atom. The predicted octanol–water partition coefficient (Wildman–Crippen LogP) is 4.81. The lowest BCUT2D eigenvalue weighted by molar-refractivity contribution is -0.115. The summed E-state index contributed by atoms with van der Waals surface area (Å²) in [4.78, 5) is 24.4. The van der Waals surface area contributed by atoms with E-state index in [-0.39, 0.29) is 17.9 Å². The van der Waals surface area contributed by atoms with Crippen LogP contribution >= 0.6 is 0 Å². The number of hydrogen-bond acceptors (Lipinski definition) is 2. The van der Waals surface area contributed by atoms with Crippen molar-refractivity contribution in [1.82, 2.24) is 5.32 Å². The van der Waals surface area contributed by atoms with Crippen molar-refractivity contribution in [3.8, 4) is 0 Å². The highest BCUT2D eigenvalue weighted by atomic mass is 16.2. The summed E-state index contributed by atoms with van der Waals surface area (Å²) in [7, 11) is 0. The van der Waals surface area contributed by atoms with Gasteiger partial charge in [-0.15, -0.1) is 0 Å². The fourth-order valence-corrected chi connectivity index (χ4v) is 2.90. The summed E-state index contributed by atoms with van der Waals surface area (Å²) >= 11 is 0. The first-order chi connectivity index (χ1) is 12.9. The van der Waals surface area contributed by atoms with Crippen LogP contribution in [0, 0.1) is 5.92 Å². The van der Waals surface area contributed by atoms with E-state index < -0.39 is 0 Å². The molecule has 0 aromatic heterocycles. The minimum absolute atomic E-state index is 0.0721. The summed E-state index contributed by atoms with van der Waals surface area (Å²) in [5.41, 5.74) is 2.27. The molecule has 27 heavy (non-hydrogen) atoms. The Morgan fingerprint density at radius 3 is 2.19 bits per heavy atom. The second-order valence-electron chi connectivity index (χ2n) is 7.49. The van der Waals surface area contributed by atoms with Crippen LogP contribution in [0.1, 0.15) is 56.0 Å². The van der Waals surface area contributed by atoms with Gasteiger partial charge in [0.15, 0.2) is 0 Å². The zero-order valence-corrected chi connectivity index (χ0v) is 16.5. The van der Waals surface area contributed by atoms with Crippen LogP contribution < -0.4 is 10.6 Å². The number of amides is 2. The van der Waals surface area contributed by atoms with Gasteiger partial charge >= 0.3 is 0 Å². The molecule has 2 amide bonds. The first-order valence-electron chi connectivity index (χ1n) is 9.68. The van der Waals surface area contributed by atoms with Gasteiger partial charge < -0.3 is 10.6 Å². The van der Waals surface area contributed by atoms with Crippen molar-refractivity contribution in [3.05, 3.63) is 65.7 Å². The van der Waals surface area contributed by atoms with Crippen molar-refractivity contribution in [2.24, 2.45) is 5.92 Å². The summed E-state index contributed by atoms with van der Waals surface area (Å²) < 4.78 is 0. The normalized spacial score (nSPS) is 11.9. The highest BCUT2D eigenvalue weighted by molar-refractivity contribution is 5.96. The van der Waals surface area contributed by atoms with E-state index in [4.69, 9.17) is 0 Å². The third kappa shape index (κ3) is 7.65. The van der Waals surface area contributed by atoms with Gasteiger partial charge in [0.1, 0.15) is 0 Å². The fraction of sp³-hybridized carbons (Fsp3) is 0.391. The van der Waals surface area contributed by atoms with Crippen LogP contribution in [0.4, 0.5) is 5.69 Å². The van der Waals surface area contributed by atoms with Crippen molar-refractivity contribution in [1.29, 1.82) is 0 Å². The molecule has 2 N–H and O–H groups in total. The van der Waals surface area contributed by atoms with Crippen molar-refractivity contribution in [2.75, 3.05) is 5.32 Å². The van der Waals surface area contributed by atoms with Crippen molar-refractivity contribution in [2.45, 2.75) is 52.5 Å². The average molecular weight is 367 g/mol. The molecule has 0 saturated heterocycles. The van der Waals surface area contributed by atoms with E-state index in [1.807, 2.05) is 37.3 Å². The molecule has 1 unspecified atom stereocenters. The third-order valence-corrected chi connectivity index (χ3v) is 4.43. The Labute approximate surface area is 162 Å². The van der Waals surface area contributed by atoms with E-state index in [0.717, 1.165) is 18.4 Å². The van der Waals surface area contributed by atoms with Crippen LogP contribution in [0.2, 0.25) is 0 Å². The van der Waals surface area contributed by atoms with Crippen LogP contribution in [0.5, 0.6) is 0 Å². The van der Waals surface area contributed by atoms with Gasteiger partial charge in [-0.2, -0.15) is 0 Å². The Morgan fingerprint density at radius 1 is 0.889 bits per heavy atom. The number of benzene rings is 2. The molecule has 4 nitrogen and oxygen atoms in total. The van der Waals surface area contributed by atoms with Gasteiger partial charge in [-0.3, -0.25) is 9.59 Å². The quantitative estimate of drug-likeness (QED) is 0.669. The highest BCUT2D eigenvalue weighted by Crippen LogP contribution is 2.12. The van der Waals surface area contributed by atoms with E-state index in [1.165, 1.54) is 6.42 Å². The van der Waals surface area contributed by atoms with Gasteiger partial charge in [-0.1, -0.05) is 57.0 Å². The second kappa shape index (κ2) is 10.5. The lowest BCUT2D eigenvalue weighted by Crippen LogP contribution is -2.32. The smallest absolute Gasteiger partial charge is 0.251 e. The van der Waals surface area contributed by atoms with Crippen molar-refractivity contribution in [3.63, 3.8) is 0 Å². The monoisotopic (exact) mass is 366 g/mol. The minimum Gasteiger partial charge on any atom is -0.350 e. The zero-order valence-electron chi connectivity index (χ0n) is 16.5. The molecular weight excluding hydrogens is 336 g/mol. The number of carbonyl (C=O) groups excluding carboxylic acids is 2. The summed E-state index contributed by atoms with van der Waals surface area (Å²) in [6.45, 7) is 6.46. The van der Waals surface area contributed by atoms with E-state index in [0.29, 0.717) is 23.6 Å². The molecule has 0 bridgehead atoms. The fourth-order valence-electron chi connectivity index (χ4n) is 2.90. The molecule has 0 heterocycles. The molecule has 0 radical (unpaired) electrons. The molecule has 0 spiro atoms. The molecule has 1 atom stereocenters. The summed E-state index contributed by atoms with van der Waals surface area (Å²) in [6.07, 6.45) is 3.61. The SMILES string of the molecule is CC(C)CCCC(C)NC(=O)c1ccc(NC(=O)Cc2ccccc2)cc1. The Kier molecular flexibility index (Phi) is 8.05. The van der Waals surface area contributed by atoms with Crippen LogP contribution in [0.15, 0.2) is 54.6 Å². The minimum atomic E-state index is -0.0748. The molecule has 0 saturated carbocycles.